The average molecular weight is 197 g/mol. The van der Waals surface area contributed by atoms with E-state index in [1.165, 1.54) is 6.20 Å². The molecule has 0 aromatic carbocycles. The summed E-state index contributed by atoms with van der Waals surface area (Å²) in [5.74, 6) is -0.356. The number of ether oxygens (including phenoxy) is 1. The highest BCUT2D eigenvalue weighted by Crippen LogP contribution is 2.02. The van der Waals surface area contributed by atoms with Crippen molar-refractivity contribution in [3.63, 3.8) is 0 Å². The summed E-state index contributed by atoms with van der Waals surface area (Å²) < 4.78 is 6.56. The van der Waals surface area contributed by atoms with Gasteiger partial charge in [0.25, 0.3) is 0 Å². The number of hydrogen-bond acceptors (Lipinski definition) is 4. The van der Waals surface area contributed by atoms with Crippen molar-refractivity contribution in [2.75, 3.05) is 6.61 Å². The Morgan fingerprint density at radius 2 is 2.50 bits per heavy atom. The lowest BCUT2D eigenvalue weighted by Crippen LogP contribution is -2.24. The van der Waals surface area contributed by atoms with Crippen molar-refractivity contribution in [3.8, 4) is 0 Å². The molecule has 0 fully saturated rings. The summed E-state index contributed by atoms with van der Waals surface area (Å²) in [6.07, 6.45) is 3.07. The third-order valence-corrected chi connectivity index (χ3v) is 1.68. The Bertz CT molecular complexity index is 307. The molecule has 1 unspecified atom stereocenters. The van der Waals surface area contributed by atoms with E-state index in [1.54, 1.807) is 17.8 Å². The Morgan fingerprint density at radius 1 is 1.79 bits per heavy atom. The minimum atomic E-state index is -0.356. The molecule has 0 spiro atoms. The fraction of sp³-hybridized carbons (Fsp3) is 0.556. The number of carbonyl (C=O) groups is 1. The monoisotopic (exact) mass is 197 g/mol. The van der Waals surface area contributed by atoms with Gasteiger partial charge in [-0.15, -0.1) is 0 Å². The van der Waals surface area contributed by atoms with E-state index in [4.69, 9.17) is 10.5 Å². The van der Waals surface area contributed by atoms with Gasteiger partial charge in [-0.05, 0) is 13.8 Å². The number of nitrogens with zero attached hydrogens (tertiary/aromatic N) is 2. The summed E-state index contributed by atoms with van der Waals surface area (Å²) in [7, 11) is 0. The topological polar surface area (TPSA) is 70.1 Å². The molecule has 0 aliphatic carbocycles. The zero-order valence-electron chi connectivity index (χ0n) is 8.43. The summed E-state index contributed by atoms with van der Waals surface area (Å²) in [6, 6.07) is -0.0163. The van der Waals surface area contributed by atoms with Crippen LogP contribution in [0.5, 0.6) is 0 Å². The summed E-state index contributed by atoms with van der Waals surface area (Å²) in [4.78, 5) is 15.3. The van der Waals surface area contributed by atoms with Gasteiger partial charge in [-0.25, -0.2) is 9.78 Å². The van der Waals surface area contributed by atoms with Crippen LogP contribution in [0, 0.1) is 0 Å². The van der Waals surface area contributed by atoms with E-state index in [-0.39, 0.29) is 12.0 Å². The highest BCUT2D eigenvalue weighted by molar-refractivity contribution is 5.87. The van der Waals surface area contributed by atoms with E-state index in [9.17, 15) is 4.79 Å². The van der Waals surface area contributed by atoms with Gasteiger partial charge >= 0.3 is 5.97 Å². The van der Waals surface area contributed by atoms with Crippen molar-refractivity contribution in [2.24, 2.45) is 5.73 Å². The number of carbonyl (C=O) groups excluding carboxylic acids is 1. The maximum atomic E-state index is 11.4. The second-order valence-corrected chi connectivity index (χ2v) is 3.13. The maximum Gasteiger partial charge on any atom is 0.356 e. The van der Waals surface area contributed by atoms with E-state index < -0.39 is 0 Å². The van der Waals surface area contributed by atoms with E-state index in [0.29, 0.717) is 18.8 Å². The lowest BCUT2D eigenvalue weighted by Gasteiger charge is -2.09. The van der Waals surface area contributed by atoms with Crippen LogP contribution in [0.15, 0.2) is 12.5 Å². The highest BCUT2D eigenvalue weighted by atomic mass is 16.5. The van der Waals surface area contributed by atoms with E-state index >= 15 is 0 Å². The second kappa shape index (κ2) is 4.76. The largest absolute Gasteiger partial charge is 0.461 e. The molecular weight excluding hydrogens is 182 g/mol. The molecule has 1 rings (SSSR count). The number of imidazole rings is 1. The van der Waals surface area contributed by atoms with Gasteiger partial charge in [0.1, 0.15) is 5.69 Å². The first-order valence-electron chi connectivity index (χ1n) is 4.58. The fourth-order valence-electron chi connectivity index (χ4n) is 1.15. The Kier molecular flexibility index (Phi) is 3.64. The molecule has 1 atom stereocenters. The molecule has 0 aliphatic heterocycles. The molecule has 5 nitrogen and oxygen atoms in total. The van der Waals surface area contributed by atoms with E-state index in [0.717, 1.165) is 0 Å². The fourth-order valence-corrected chi connectivity index (χ4v) is 1.15. The first-order chi connectivity index (χ1) is 6.65. The Hall–Kier alpha value is -1.36. The maximum absolute atomic E-state index is 11.4. The van der Waals surface area contributed by atoms with Gasteiger partial charge in [0.2, 0.25) is 0 Å². The van der Waals surface area contributed by atoms with Crippen LogP contribution in [-0.2, 0) is 11.3 Å². The Labute approximate surface area is 82.9 Å². The van der Waals surface area contributed by atoms with Crippen molar-refractivity contribution >= 4 is 5.97 Å². The SMILES string of the molecule is CCOC(=O)c1cncn1CC(C)N. The Morgan fingerprint density at radius 3 is 3.07 bits per heavy atom. The van der Waals surface area contributed by atoms with Gasteiger partial charge in [0.15, 0.2) is 0 Å². The van der Waals surface area contributed by atoms with Crippen molar-refractivity contribution < 1.29 is 9.53 Å². The van der Waals surface area contributed by atoms with Crippen LogP contribution in [0.4, 0.5) is 0 Å². The molecular formula is C9H15N3O2. The van der Waals surface area contributed by atoms with Crippen LogP contribution in [0.3, 0.4) is 0 Å². The van der Waals surface area contributed by atoms with Crippen molar-refractivity contribution in [1.29, 1.82) is 0 Å². The predicted octanol–water partition coefficient (Wildman–Crippen LogP) is 0.407. The quantitative estimate of drug-likeness (QED) is 0.709. The van der Waals surface area contributed by atoms with Crippen LogP contribution in [0.2, 0.25) is 0 Å². The number of hydrogen-bond donors (Lipinski definition) is 1. The summed E-state index contributed by atoms with van der Waals surface area (Å²) in [6.45, 7) is 4.56. The molecule has 14 heavy (non-hydrogen) atoms. The molecule has 0 aliphatic rings. The normalized spacial score (nSPS) is 12.5. The highest BCUT2D eigenvalue weighted by Gasteiger charge is 2.12. The molecule has 0 saturated carbocycles. The molecule has 0 saturated heterocycles. The van der Waals surface area contributed by atoms with Gasteiger partial charge < -0.3 is 15.0 Å². The minimum Gasteiger partial charge on any atom is -0.461 e. The molecule has 2 N–H and O–H groups in total. The standard InChI is InChI=1S/C9H15N3O2/c1-3-14-9(13)8-4-11-6-12(8)5-7(2)10/h4,6-7H,3,5,10H2,1-2H3. The zero-order valence-corrected chi connectivity index (χ0v) is 8.43. The van der Waals surface area contributed by atoms with Gasteiger partial charge in [0, 0.05) is 12.6 Å². The molecule has 0 radical (unpaired) electrons. The molecule has 1 aromatic heterocycles. The van der Waals surface area contributed by atoms with Crippen LogP contribution in [-0.4, -0.2) is 28.2 Å². The van der Waals surface area contributed by atoms with Crippen LogP contribution in [0.25, 0.3) is 0 Å². The van der Waals surface area contributed by atoms with Crippen LogP contribution < -0.4 is 5.73 Å². The smallest absolute Gasteiger partial charge is 0.356 e. The molecule has 78 valence electrons. The number of aromatic nitrogens is 2. The number of nitrogens with two attached hydrogens (primary N) is 1. The third kappa shape index (κ3) is 2.56. The van der Waals surface area contributed by atoms with Gasteiger partial charge in [-0.1, -0.05) is 0 Å². The van der Waals surface area contributed by atoms with Crippen molar-refractivity contribution in [2.45, 2.75) is 26.4 Å². The van der Waals surface area contributed by atoms with Gasteiger partial charge in [-0.2, -0.15) is 0 Å². The summed E-state index contributed by atoms with van der Waals surface area (Å²) >= 11 is 0. The zero-order chi connectivity index (χ0) is 10.6. The second-order valence-electron chi connectivity index (χ2n) is 3.13. The molecule has 0 bridgehead atoms. The van der Waals surface area contributed by atoms with Crippen LogP contribution in [0.1, 0.15) is 24.3 Å². The first-order valence-corrected chi connectivity index (χ1v) is 4.58. The Balaban J connectivity index is 2.76. The lowest BCUT2D eigenvalue weighted by molar-refractivity contribution is 0.0513. The molecule has 1 heterocycles. The van der Waals surface area contributed by atoms with E-state index in [2.05, 4.69) is 4.98 Å². The van der Waals surface area contributed by atoms with Crippen molar-refractivity contribution in [3.05, 3.63) is 18.2 Å². The predicted molar refractivity (Wildman–Crippen MR) is 51.8 cm³/mol. The lowest BCUT2D eigenvalue weighted by atomic mass is 10.3. The number of rotatable bonds is 4. The van der Waals surface area contributed by atoms with Crippen LogP contribution >= 0.6 is 0 Å². The molecule has 0 amide bonds. The van der Waals surface area contributed by atoms with Crippen molar-refractivity contribution in [1.82, 2.24) is 9.55 Å². The molecule has 1 aromatic rings. The first kappa shape index (κ1) is 10.7. The summed E-state index contributed by atoms with van der Waals surface area (Å²) in [5, 5.41) is 0. The third-order valence-electron chi connectivity index (χ3n) is 1.68. The van der Waals surface area contributed by atoms with E-state index in [1.807, 2.05) is 6.92 Å². The van der Waals surface area contributed by atoms with Gasteiger partial charge in [-0.3, -0.25) is 0 Å². The average Bonchev–Trinajstić information content (AvgIpc) is 2.51. The van der Waals surface area contributed by atoms with Gasteiger partial charge in [0.05, 0.1) is 19.1 Å². The summed E-state index contributed by atoms with van der Waals surface area (Å²) in [5.41, 5.74) is 6.07. The molecule has 5 heteroatoms. The minimum absolute atomic E-state index is 0.0163. The number of esters is 1.